The summed E-state index contributed by atoms with van der Waals surface area (Å²) < 4.78 is 9.98. The summed E-state index contributed by atoms with van der Waals surface area (Å²) in [7, 11) is 1.29. The van der Waals surface area contributed by atoms with E-state index < -0.39 is 16.3 Å². The number of carbonyl (C=O) groups is 1. The molecule has 0 radical (unpaired) electrons. The number of methoxy groups -OCH3 is 1. The molecule has 0 saturated heterocycles. The Kier molecular flexibility index (Phi) is 3.46. The number of nitro groups is 1. The van der Waals surface area contributed by atoms with E-state index in [-0.39, 0.29) is 12.3 Å². The SMILES string of the molecule is COC(=O)C1(c2ccc([N+](=O)[O-])cn2)CC=COC1. The number of hydrogen-bond acceptors (Lipinski definition) is 6. The first kappa shape index (κ1) is 13.0. The molecule has 2 heterocycles. The first-order valence-corrected chi connectivity index (χ1v) is 5.56. The molecule has 0 saturated carbocycles. The number of nitrogens with zero attached hydrogens (tertiary/aromatic N) is 2. The minimum Gasteiger partial charge on any atom is -0.500 e. The number of hydrogen-bond donors (Lipinski definition) is 0. The third-order valence-corrected chi connectivity index (χ3v) is 3.01. The van der Waals surface area contributed by atoms with Crippen LogP contribution in [0.3, 0.4) is 0 Å². The zero-order valence-corrected chi connectivity index (χ0v) is 10.2. The van der Waals surface area contributed by atoms with Crippen molar-refractivity contribution in [2.45, 2.75) is 11.8 Å². The van der Waals surface area contributed by atoms with Crippen LogP contribution in [0.1, 0.15) is 12.1 Å². The maximum Gasteiger partial charge on any atom is 0.321 e. The molecule has 1 aromatic heterocycles. The van der Waals surface area contributed by atoms with E-state index in [1.165, 1.54) is 25.5 Å². The number of aromatic nitrogens is 1. The molecule has 1 aliphatic heterocycles. The lowest BCUT2D eigenvalue weighted by molar-refractivity contribution is -0.385. The molecule has 100 valence electrons. The van der Waals surface area contributed by atoms with Crippen molar-refractivity contribution in [3.63, 3.8) is 0 Å². The summed E-state index contributed by atoms with van der Waals surface area (Å²) >= 11 is 0. The van der Waals surface area contributed by atoms with E-state index in [0.29, 0.717) is 12.1 Å². The largest absolute Gasteiger partial charge is 0.500 e. The third-order valence-electron chi connectivity index (χ3n) is 3.01. The summed E-state index contributed by atoms with van der Waals surface area (Å²) in [6.45, 7) is 0.0982. The molecule has 7 nitrogen and oxygen atoms in total. The summed E-state index contributed by atoms with van der Waals surface area (Å²) in [6, 6.07) is 2.77. The lowest BCUT2D eigenvalue weighted by Gasteiger charge is -2.30. The smallest absolute Gasteiger partial charge is 0.321 e. The minimum atomic E-state index is -1.04. The van der Waals surface area contributed by atoms with Gasteiger partial charge in [0.05, 0.1) is 24.0 Å². The van der Waals surface area contributed by atoms with Crippen molar-refractivity contribution in [1.82, 2.24) is 4.98 Å². The first-order valence-electron chi connectivity index (χ1n) is 5.56. The maximum absolute atomic E-state index is 12.0. The van der Waals surface area contributed by atoms with Crippen LogP contribution in [-0.2, 0) is 19.7 Å². The quantitative estimate of drug-likeness (QED) is 0.464. The number of allylic oxidation sites excluding steroid dienone is 1. The highest BCUT2D eigenvalue weighted by Gasteiger charge is 2.44. The zero-order valence-electron chi connectivity index (χ0n) is 10.2. The molecule has 2 rings (SSSR count). The van der Waals surface area contributed by atoms with E-state index in [4.69, 9.17) is 9.47 Å². The number of rotatable bonds is 3. The highest BCUT2D eigenvalue weighted by molar-refractivity contribution is 5.83. The van der Waals surface area contributed by atoms with Gasteiger partial charge in [0.2, 0.25) is 0 Å². The van der Waals surface area contributed by atoms with Crippen molar-refractivity contribution < 1.29 is 19.2 Å². The molecule has 1 atom stereocenters. The van der Waals surface area contributed by atoms with Crippen molar-refractivity contribution in [3.05, 3.63) is 46.5 Å². The van der Waals surface area contributed by atoms with Crippen LogP contribution >= 0.6 is 0 Å². The molecule has 19 heavy (non-hydrogen) atoms. The Labute approximate surface area is 109 Å². The Bertz CT molecular complexity index is 525. The van der Waals surface area contributed by atoms with Gasteiger partial charge in [0.25, 0.3) is 5.69 Å². The van der Waals surface area contributed by atoms with Gasteiger partial charge in [-0.2, -0.15) is 0 Å². The Morgan fingerprint density at radius 3 is 2.84 bits per heavy atom. The van der Waals surface area contributed by atoms with Crippen LogP contribution in [0.2, 0.25) is 0 Å². The number of carbonyl (C=O) groups excluding carboxylic acids is 1. The molecule has 1 unspecified atom stereocenters. The molecule has 0 amide bonds. The van der Waals surface area contributed by atoms with Gasteiger partial charge in [0.1, 0.15) is 18.2 Å². The standard InChI is InChI=1S/C12H12N2O5/c1-18-11(15)12(5-2-6-19-8-12)10-4-3-9(7-13-10)14(16)17/h2-4,6-7H,5,8H2,1H3. The lowest BCUT2D eigenvalue weighted by Crippen LogP contribution is -2.42. The van der Waals surface area contributed by atoms with Crippen molar-refractivity contribution in [3.8, 4) is 0 Å². The molecule has 0 N–H and O–H groups in total. The predicted molar refractivity (Wildman–Crippen MR) is 64.3 cm³/mol. The number of pyridine rings is 1. The Hall–Kier alpha value is -2.44. The van der Waals surface area contributed by atoms with Gasteiger partial charge in [-0.05, 0) is 18.6 Å². The zero-order chi connectivity index (χ0) is 13.9. The van der Waals surface area contributed by atoms with Gasteiger partial charge in [-0.1, -0.05) is 0 Å². The van der Waals surface area contributed by atoms with Crippen LogP contribution in [0.4, 0.5) is 5.69 Å². The molecule has 1 aliphatic rings. The van der Waals surface area contributed by atoms with Gasteiger partial charge in [-0.15, -0.1) is 0 Å². The van der Waals surface area contributed by atoms with Gasteiger partial charge in [-0.3, -0.25) is 19.9 Å². The van der Waals surface area contributed by atoms with E-state index in [1.54, 1.807) is 6.08 Å². The van der Waals surface area contributed by atoms with E-state index in [9.17, 15) is 14.9 Å². The second kappa shape index (κ2) is 5.05. The molecule has 0 aliphatic carbocycles. The first-order chi connectivity index (χ1) is 9.10. The number of ether oxygens (including phenoxy) is 2. The van der Waals surface area contributed by atoms with Crippen LogP contribution in [0.5, 0.6) is 0 Å². The monoisotopic (exact) mass is 264 g/mol. The Morgan fingerprint density at radius 2 is 2.37 bits per heavy atom. The van der Waals surface area contributed by atoms with E-state index in [2.05, 4.69) is 4.98 Å². The van der Waals surface area contributed by atoms with E-state index in [1.807, 2.05) is 0 Å². The molecule has 0 spiro atoms. The van der Waals surface area contributed by atoms with Crippen LogP contribution < -0.4 is 0 Å². The third kappa shape index (κ3) is 2.26. The Morgan fingerprint density at radius 1 is 1.58 bits per heavy atom. The van der Waals surface area contributed by atoms with Crippen LogP contribution in [0.15, 0.2) is 30.7 Å². The van der Waals surface area contributed by atoms with Gasteiger partial charge >= 0.3 is 5.97 Å². The molecule has 0 aromatic carbocycles. The summed E-state index contributed by atoms with van der Waals surface area (Å²) in [5, 5.41) is 10.6. The minimum absolute atomic E-state index is 0.0982. The van der Waals surface area contributed by atoms with Gasteiger partial charge in [0.15, 0.2) is 0 Å². The fraction of sp³-hybridized carbons (Fsp3) is 0.333. The van der Waals surface area contributed by atoms with Crippen molar-refractivity contribution in [2.75, 3.05) is 13.7 Å². The number of esters is 1. The fourth-order valence-corrected chi connectivity index (χ4v) is 1.96. The van der Waals surface area contributed by atoms with Crippen molar-refractivity contribution in [1.29, 1.82) is 0 Å². The van der Waals surface area contributed by atoms with Crippen LogP contribution in [0, 0.1) is 10.1 Å². The van der Waals surface area contributed by atoms with E-state index >= 15 is 0 Å². The highest BCUT2D eigenvalue weighted by Crippen LogP contribution is 2.32. The second-order valence-electron chi connectivity index (χ2n) is 4.12. The molecule has 0 bridgehead atoms. The van der Waals surface area contributed by atoms with Gasteiger partial charge < -0.3 is 9.47 Å². The summed E-state index contributed by atoms with van der Waals surface area (Å²) in [6.07, 6.45) is 4.71. The lowest BCUT2D eigenvalue weighted by atomic mass is 9.80. The van der Waals surface area contributed by atoms with Crippen LogP contribution in [-0.4, -0.2) is 29.6 Å². The summed E-state index contributed by atoms with van der Waals surface area (Å²) in [5.74, 6) is -0.474. The average molecular weight is 264 g/mol. The maximum atomic E-state index is 12.0. The topological polar surface area (TPSA) is 91.6 Å². The molecule has 0 fully saturated rings. The highest BCUT2D eigenvalue weighted by atomic mass is 16.6. The van der Waals surface area contributed by atoms with Crippen molar-refractivity contribution in [2.24, 2.45) is 0 Å². The van der Waals surface area contributed by atoms with Gasteiger partial charge in [0, 0.05) is 6.07 Å². The fourth-order valence-electron chi connectivity index (χ4n) is 1.96. The average Bonchev–Trinajstić information content (AvgIpc) is 2.47. The molecule has 1 aromatic rings. The van der Waals surface area contributed by atoms with Crippen molar-refractivity contribution >= 4 is 11.7 Å². The molecular weight excluding hydrogens is 252 g/mol. The normalized spacial score (nSPS) is 21.5. The molecule has 7 heteroatoms. The molecular formula is C12H12N2O5. The summed E-state index contributed by atoms with van der Waals surface area (Å²) in [4.78, 5) is 26.1. The Balaban J connectivity index is 2.41. The second-order valence-corrected chi connectivity index (χ2v) is 4.12. The van der Waals surface area contributed by atoms with E-state index in [0.717, 1.165) is 6.20 Å². The van der Waals surface area contributed by atoms with Crippen LogP contribution in [0.25, 0.3) is 0 Å². The van der Waals surface area contributed by atoms with Gasteiger partial charge in [-0.25, -0.2) is 0 Å². The summed E-state index contributed by atoms with van der Waals surface area (Å²) in [5.41, 5.74) is -0.774. The predicted octanol–water partition coefficient (Wildman–Crippen LogP) is 1.33.